The first-order valence-electron chi connectivity index (χ1n) is 29.9. The van der Waals surface area contributed by atoms with Gasteiger partial charge in [0.15, 0.2) is 29.2 Å². The molecule has 4 amide bonds. The summed E-state index contributed by atoms with van der Waals surface area (Å²) in [6, 6.07) is 13.3. The predicted octanol–water partition coefficient (Wildman–Crippen LogP) is 6.18. The average Bonchev–Trinajstić information content (AvgIpc) is 4.46. The van der Waals surface area contributed by atoms with Gasteiger partial charge in [-0.2, -0.15) is 0 Å². The summed E-state index contributed by atoms with van der Waals surface area (Å²) in [5, 5.41) is 21.9. The van der Waals surface area contributed by atoms with Crippen LogP contribution in [0.5, 0.6) is 11.5 Å². The van der Waals surface area contributed by atoms with Crippen LogP contribution in [0.4, 0.5) is 0 Å². The highest BCUT2D eigenvalue weighted by atomic mass is 32.2. The van der Waals surface area contributed by atoms with Crippen molar-refractivity contribution in [2.75, 3.05) is 59.5 Å². The molecule has 0 spiro atoms. The van der Waals surface area contributed by atoms with E-state index in [1.165, 1.54) is 88.5 Å². The fourth-order valence-electron chi connectivity index (χ4n) is 16.8. The van der Waals surface area contributed by atoms with E-state index in [0.717, 1.165) is 49.4 Å². The molecular weight excluding hydrogens is 1050 g/mol. The molecule has 2 saturated heterocycles. The SMILES string of the molecule is CN(CCCOc1ccc(S(=O)(=O)C2(C(=O)NO)CCN(C3CC3)CC2)cc1)C(=O)C1C2CC3CC(C2)CC1C3.O=C(NCCCOc1ccc(S(=O)(=O)C2(C(=O)NO)CCN(C3CC3)CC2)cc1)C1C2CC3CC(C2)CC1C3. The van der Waals surface area contributed by atoms with Gasteiger partial charge in [0.1, 0.15) is 11.5 Å². The van der Waals surface area contributed by atoms with E-state index in [1.54, 1.807) is 35.2 Å². The van der Waals surface area contributed by atoms with E-state index in [-0.39, 0.29) is 53.2 Å². The molecule has 12 aliphatic rings. The maximum atomic E-state index is 13.7. The van der Waals surface area contributed by atoms with Gasteiger partial charge in [0.25, 0.3) is 11.8 Å². The summed E-state index contributed by atoms with van der Waals surface area (Å²) >= 11 is 0. The van der Waals surface area contributed by atoms with Crippen LogP contribution in [0.25, 0.3) is 0 Å². The van der Waals surface area contributed by atoms with Crippen molar-refractivity contribution in [1.82, 2.24) is 31.0 Å². The van der Waals surface area contributed by atoms with Crippen LogP contribution >= 0.6 is 0 Å². The van der Waals surface area contributed by atoms with Crippen molar-refractivity contribution < 1.29 is 55.9 Å². The lowest BCUT2D eigenvalue weighted by molar-refractivity contribution is -0.147. The molecule has 0 radical (unpaired) electrons. The van der Waals surface area contributed by atoms with Crippen molar-refractivity contribution in [3.05, 3.63) is 48.5 Å². The second-order valence-corrected chi connectivity index (χ2v) is 30.2. The van der Waals surface area contributed by atoms with Gasteiger partial charge in [0.05, 0.1) is 23.0 Å². The summed E-state index contributed by atoms with van der Waals surface area (Å²) in [6.07, 6.45) is 19.0. The van der Waals surface area contributed by atoms with Gasteiger partial charge in [0.2, 0.25) is 11.8 Å². The first-order chi connectivity index (χ1) is 38.0. The van der Waals surface area contributed by atoms with Crippen LogP contribution in [0.2, 0.25) is 0 Å². The Kier molecular flexibility index (Phi) is 16.5. The molecular formula is C59H84N6O12S2. The zero-order valence-electron chi connectivity index (χ0n) is 46.0. The van der Waals surface area contributed by atoms with E-state index in [1.807, 2.05) is 11.9 Å². The van der Waals surface area contributed by atoms with Crippen molar-refractivity contribution in [1.29, 1.82) is 0 Å². The third kappa shape index (κ3) is 11.3. The number of piperidine rings is 2. The summed E-state index contributed by atoms with van der Waals surface area (Å²) in [6.45, 7) is 4.06. The van der Waals surface area contributed by atoms with E-state index in [2.05, 4.69) is 15.1 Å². The normalized spacial score (nSPS) is 31.3. The van der Waals surface area contributed by atoms with E-state index in [9.17, 15) is 46.4 Å². The Hall–Kier alpha value is -4.34. The minimum atomic E-state index is -4.04. The van der Waals surface area contributed by atoms with Crippen LogP contribution in [0, 0.1) is 59.2 Å². The third-order valence-electron chi connectivity index (χ3n) is 20.9. The summed E-state index contributed by atoms with van der Waals surface area (Å²) in [7, 11) is -6.18. The quantitative estimate of drug-likeness (QED) is 0.0565. The molecule has 2 aromatic rings. The number of hydrogen-bond acceptors (Lipinski definition) is 14. The van der Waals surface area contributed by atoms with Crippen LogP contribution in [0.3, 0.4) is 0 Å². The molecule has 20 heteroatoms. The highest BCUT2D eigenvalue weighted by Gasteiger charge is 2.56. The number of carbonyl (C=O) groups excluding carboxylic acids is 4. The molecule has 8 bridgehead atoms. The predicted molar refractivity (Wildman–Crippen MR) is 292 cm³/mol. The summed E-state index contributed by atoms with van der Waals surface area (Å²) < 4.78 is 62.9. The number of ether oxygens (including phenoxy) is 2. The molecule has 5 N–H and O–H groups in total. The highest BCUT2D eigenvalue weighted by molar-refractivity contribution is 7.94. The number of likely N-dealkylation sites (tertiary alicyclic amines) is 2. The van der Waals surface area contributed by atoms with E-state index < -0.39 is 41.0 Å². The van der Waals surface area contributed by atoms with Gasteiger partial charge < -0.3 is 29.5 Å². The molecule has 0 aromatic heterocycles. The molecule has 12 fully saturated rings. The first-order valence-corrected chi connectivity index (χ1v) is 32.8. The molecule has 79 heavy (non-hydrogen) atoms. The third-order valence-corrected chi connectivity index (χ3v) is 25.9. The van der Waals surface area contributed by atoms with E-state index in [4.69, 9.17) is 9.47 Å². The number of amides is 4. The van der Waals surface area contributed by atoms with Crippen LogP contribution in [0.15, 0.2) is 58.3 Å². The van der Waals surface area contributed by atoms with Gasteiger partial charge in [-0.15, -0.1) is 0 Å². The second kappa shape index (κ2) is 23.1. The monoisotopic (exact) mass is 1130 g/mol. The Morgan fingerprint density at radius 1 is 0.557 bits per heavy atom. The van der Waals surface area contributed by atoms with Gasteiger partial charge in [-0.25, -0.2) is 27.8 Å². The molecule has 2 heterocycles. The maximum Gasteiger partial charge on any atom is 0.265 e. The standard InChI is InChI=1S/C30H43N3O6S.C29H41N3O6S/c1-32(28(34)27-22-16-20-15-21(18-22)19-23(27)17-20)11-2-14-39-25-5-7-26(8-6-25)40(37,38)30(29(35)31-36)9-12-33(13-10-30)24-3-4-24;33-27(26-21-15-19-14-20(17-21)18-22(26)16-19)30-10-1-13-38-24-4-6-25(7-5-24)39(36,37)29(28(34)31-35)8-11-32(12-9-29)23-2-3-23/h5-8,20-24,27,36H,2-4,9-19H2,1H3,(H,31,35);4-7,19-23,26,35H,1-3,8-18H2,(H,30,33)(H,31,34). The molecule has 14 rings (SSSR count). The fraction of sp³-hybridized carbons (Fsp3) is 0.729. The van der Waals surface area contributed by atoms with E-state index >= 15 is 0 Å². The zero-order chi connectivity index (χ0) is 55.3. The van der Waals surface area contributed by atoms with Crippen molar-refractivity contribution in [3.8, 4) is 11.5 Å². The van der Waals surface area contributed by atoms with Gasteiger partial charge in [-0.3, -0.25) is 29.6 Å². The van der Waals surface area contributed by atoms with Crippen LogP contribution in [0.1, 0.15) is 128 Å². The van der Waals surface area contributed by atoms with E-state index in [0.29, 0.717) is 118 Å². The van der Waals surface area contributed by atoms with Gasteiger partial charge in [-0.1, -0.05) is 0 Å². The Bertz CT molecular complexity index is 2700. The van der Waals surface area contributed by atoms with Crippen molar-refractivity contribution in [2.24, 2.45) is 59.2 Å². The molecule has 10 saturated carbocycles. The number of hydroxylamine groups is 2. The fourth-order valence-corrected chi connectivity index (χ4v) is 20.7. The molecule has 2 aliphatic heterocycles. The summed E-state index contributed by atoms with van der Waals surface area (Å²) in [5.41, 5.74) is 3.24. The van der Waals surface area contributed by atoms with Crippen LogP contribution < -0.4 is 25.8 Å². The lowest BCUT2D eigenvalue weighted by Crippen LogP contribution is -2.58. The molecule has 0 unspecified atom stereocenters. The number of rotatable bonds is 20. The van der Waals surface area contributed by atoms with Gasteiger partial charge >= 0.3 is 0 Å². The molecule has 2 aromatic carbocycles. The lowest BCUT2D eigenvalue weighted by atomic mass is 9.51. The largest absolute Gasteiger partial charge is 0.494 e. The molecule has 434 valence electrons. The number of nitrogens with one attached hydrogen (secondary N) is 3. The first kappa shape index (κ1) is 56.5. The minimum Gasteiger partial charge on any atom is -0.494 e. The van der Waals surface area contributed by atoms with Crippen LogP contribution in [-0.4, -0.2) is 147 Å². The summed E-state index contributed by atoms with van der Waals surface area (Å²) in [5.74, 6) is 5.93. The Balaban J connectivity index is 0.000000167. The minimum absolute atomic E-state index is 0.0428. The second-order valence-electron chi connectivity index (χ2n) is 25.7. The Morgan fingerprint density at radius 3 is 1.29 bits per heavy atom. The number of benzene rings is 2. The lowest BCUT2D eigenvalue weighted by Gasteiger charge is -2.54. The number of nitrogens with zero attached hydrogens (tertiary/aromatic N) is 3. The molecule has 10 aliphatic carbocycles. The van der Waals surface area contributed by atoms with Gasteiger partial charge in [-0.05, 0) is 224 Å². The molecule has 0 atom stereocenters. The van der Waals surface area contributed by atoms with Crippen molar-refractivity contribution in [2.45, 2.75) is 160 Å². The highest BCUT2D eigenvalue weighted by Crippen LogP contribution is 2.58. The maximum absolute atomic E-state index is 13.7. The van der Waals surface area contributed by atoms with Gasteiger partial charge in [0, 0.05) is 70.2 Å². The summed E-state index contributed by atoms with van der Waals surface area (Å²) in [4.78, 5) is 58.0. The molecule has 18 nitrogen and oxygen atoms in total. The van der Waals surface area contributed by atoms with Crippen molar-refractivity contribution in [3.63, 3.8) is 0 Å². The topological polar surface area (TPSA) is 241 Å². The Labute approximate surface area is 466 Å². The van der Waals surface area contributed by atoms with Crippen LogP contribution in [-0.2, 0) is 38.9 Å². The number of carbonyl (C=O) groups is 4. The Morgan fingerprint density at radius 2 is 0.924 bits per heavy atom. The van der Waals surface area contributed by atoms with Crippen molar-refractivity contribution >= 4 is 43.3 Å². The smallest absolute Gasteiger partial charge is 0.265 e. The number of sulfone groups is 2. The zero-order valence-corrected chi connectivity index (χ0v) is 47.6. The average molecular weight is 1130 g/mol. The number of hydrogen-bond donors (Lipinski definition) is 5.